The molecule has 0 aliphatic rings. The molecule has 1 aromatic carbocycles. The molecule has 0 aliphatic carbocycles. The number of aromatic nitrogens is 2. The minimum atomic E-state index is 0.706. The van der Waals surface area contributed by atoms with Crippen molar-refractivity contribution in [3.05, 3.63) is 24.4 Å². The van der Waals surface area contributed by atoms with E-state index in [9.17, 15) is 0 Å². The van der Waals surface area contributed by atoms with Gasteiger partial charge in [0.25, 0.3) is 0 Å². The van der Waals surface area contributed by atoms with Crippen LogP contribution in [0.1, 0.15) is 0 Å². The molecule has 2 rings (SSSR count). The molecule has 90 valence electrons. The van der Waals surface area contributed by atoms with Crippen LogP contribution in [0.2, 0.25) is 0 Å². The highest BCUT2D eigenvalue weighted by molar-refractivity contribution is 7.99. The first-order valence-corrected chi connectivity index (χ1v) is 7.62. The van der Waals surface area contributed by atoms with Crippen molar-refractivity contribution in [3.8, 4) is 11.1 Å². The highest BCUT2D eigenvalue weighted by Crippen LogP contribution is 2.35. The van der Waals surface area contributed by atoms with E-state index < -0.39 is 0 Å². The number of nitrogens with zero attached hydrogens (tertiary/aromatic N) is 2. The van der Waals surface area contributed by atoms with Gasteiger partial charge in [0.15, 0.2) is 0 Å². The Hall–Kier alpha value is -1.07. The van der Waals surface area contributed by atoms with E-state index in [1.54, 1.807) is 28.2 Å². The van der Waals surface area contributed by atoms with E-state index in [1.165, 1.54) is 9.79 Å². The zero-order chi connectivity index (χ0) is 12.4. The number of anilines is 1. The SMILES string of the molecule is CSc1ccc(-c2cnn(C)c2N)c(SC)c1. The van der Waals surface area contributed by atoms with Crippen LogP contribution < -0.4 is 5.73 Å². The van der Waals surface area contributed by atoms with Gasteiger partial charge in [-0.3, -0.25) is 4.68 Å². The van der Waals surface area contributed by atoms with Crippen LogP contribution >= 0.6 is 23.5 Å². The summed E-state index contributed by atoms with van der Waals surface area (Å²) >= 11 is 3.48. The van der Waals surface area contributed by atoms with Crippen LogP contribution in [0.5, 0.6) is 0 Å². The van der Waals surface area contributed by atoms with Gasteiger partial charge in [-0.05, 0) is 24.6 Å². The first-order valence-electron chi connectivity index (χ1n) is 5.17. The lowest BCUT2D eigenvalue weighted by Gasteiger charge is -2.08. The molecule has 0 bridgehead atoms. The van der Waals surface area contributed by atoms with Crippen molar-refractivity contribution < 1.29 is 0 Å². The van der Waals surface area contributed by atoms with Crippen LogP contribution in [0.4, 0.5) is 5.82 Å². The van der Waals surface area contributed by atoms with Gasteiger partial charge in [0, 0.05) is 28.0 Å². The van der Waals surface area contributed by atoms with Crippen LogP contribution in [0, 0.1) is 0 Å². The number of hydrogen-bond donors (Lipinski definition) is 1. The minimum Gasteiger partial charge on any atom is -0.383 e. The molecule has 0 amide bonds. The topological polar surface area (TPSA) is 43.8 Å². The Bertz CT molecular complexity index is 535. The third-order valence-corrected chi connectivity index (χ3v) is 4.19. The molecule has 0 radical (unpaired) electrons. The summed E-state index contributed by atoms with van der Waals surface area (Å²) in [7, 11) is 1.86. The maximum atomic E-state index is 6.01. The molecule has 3 nitrogen and oxygen atoms in total. The van der Waals surface area contributed by atoms with E-state index in [-0.39, 0.29) is 0 Å². The quantitative estimate of drug-likeness (QED) is 0.866. The van der Waals surface area contributed by atoms with E-state index in [1.807, 2.05) is 13.2 Å². The van der Waals surface area contributed by atoms with Crippen LogP contribution in [0.15, 0.2) is 34.2 Å². The van der Waals surface area contributed by atoms with Gasteiger partial charge in [0.1, 0.15) is 5.82 Å². The zero-order valence-electron chi connectivity index (χ0n) is 10.1. The molecule has 5 heteroatoms. The summed E-state index contributed by atoms with van der Waals surface area (Å²) < 4.78 is 1.70. The minimum absolute atomic E-state index is 0.706. The second kappa shape index (κ2) is 5.06. The van der Waals surface area contributed by atoms with E-state index in [4.69, 9.17) is 5.73 Å². The van der Waals surface area contributed by atoms with E-state index >= 15 is 0 Å². The molecular formula is C12H15N3S2. The largest absolute Gasteiger partial charge is 0.383 e. The third kappa shape index (κ3) is 2.30. The van der Waals surface area contributed by atoms with Crippen molar-refractivity contribution in [1.29, 1.82) is 0 Å². The third-order valence-electron chi connectivity index (χ3n) is 2.68. The molecule has 2 aromatic rings. The molecule has 0 unspecified atom stereocenters. The lowest BCUT2D eigenvalue weighted by Crippen LogP contribution is -1.98. The molecule has 0 saturated heterocycles. The fourth-order valence-electron chi connectivity index (χ4n) is 1.68. The van der Waals surface area contributed by atoms with Gasteiger partial charge >= 0.3 is 0 Å². The Morgan fingerprint density at radius 1 is 1.18 bits per heavy atom. The van der Waals surface area contributed by atoms with Gasteiger partial charge < -0.3 is 5.73 Å². The lowest BCUT2D eigenvalue weighted by molar-refractivity contribution is 0.779. The average molecular weight is 265 g/mol. The number of aryl methyl sites for hydroxylation is 1. The van der Waals surface area contributed by atoms with Gasteiger partial charge in [-0.1, -0.05) is 6.07 Å². The smallest absolute Gasteiger partial charge is 0.129 e. The van der Waals surface area contributed by atoms with E-state index in [0.29, 0.717) is 5.82 Å². The fraction of sp³-hybridized carbons (Fsp3) is 0.250. The van der Waals surface area contributed by atoms with Gasteiger partial charge in [-0.25, -0.2) is 0 Å². The van der Waals surface area contributed by atoms with Crippen molar-refractivity contribution in [1.82, 2.24) is 9.78 Å². The Kier molecular flexibility index (Phi) is 3.69. The number of hydrogen-bond acceptors (Lipinski definition) is 4. The normalized spacial score (nSPS) is 10.8. The average Bonchev–Trinajstić information content (AvgIpc) is 2.69. The van der Waals surface area contributed by atoms with Gasteiger partial charge in [0.05, 0.1) is 6.20 Å². The van der Waals surface area contributed by atoms with Crippen molar-refractivity contribution in [2.24, 2.45) is 7.05 Å². The maximum Gasteiger partial charge on any atom is 0.129 e. The highest BCUT2D eigenvalue weighted by atomic mass is 32.2. The van der Waals surface area contributed by atoms with Crippen LogP contribution in [0.3, 0.4) is 0 Å². The summed E-state index contributed by atoms with van der Waals surface area (Å²) in [6, 6.07) is 6.42. The van der Waals surface area contributed by atoms with Crippen molar-refractivity contribution in [3.63, 3.8) is 0 Å². The molecule has 2 N–H and O–H groups in total. The predicted molar refractivity (Wildman–Crippen MR) is 76.6 cm³/mol. The fourth-order valence-corrected chi connectivity index (χ4v) is 2.83. The van der Waals surface area contributed by atoms with Crippen molar-refractivity contribution >= 4 is 29.3 Å². The maximum absolute atomic E-state index is 6.01. The Morgan fingerprint density at radius 2 is 1.94 bits per heavy atom. The molecular weight excluding hydrogens is 250 g/mol. The molecule has 0 aliphatic heterocycles. The second-order valence-corrected chi connectivity index (χ2v) is 5.36. The number of nitrogens with two attached hydrogens (primary N) is 1. The lowest BCUT2D eigenvalue weighted by atomic mass is 10.1. The molecule has 0 saturated carbocycles. The molecule has 17 heavy (non-hydrogen) atoms. The van der Waals surface area contributed by atoms with Gasteiger partial charge in [-0.2, -0.15) is 5.10 Å². The monoisotopic (exact) mass is 265 g/mol. The molecule has 0 spiro atoms. The van der Waals surface area contributed by atoms with E-state index in [0.717, 1.165) is 11.1 Å². The van der Waals surface area contributed by atoms with Crippen molar-refractivity contribution in [2.45, 2.75) is 9.79 Å². The van der Waals surface area contributed by atoms with Gasteiger partial charge in [-0.15, -0.1) is 23.5 Å². The zero-order valence-corrected chi connectivity index (χ0v) is 11.7. The van der Waals surface area contributed by atoms with Crippen LogP contribution in [-0.2, 0) is 7.05 Å². The summed E-state index contributed by atoms with van der Waals surface area (Å²) in [5.41, 5.74) is 8.17. The van der Waals surface area contributed by atoms with Crippen LogP contribution in [-0.4, -0.2) is 22.3 Å². The summed E-state index contributed by atoms with van der Waals surface area (Å²) in [6.07, 6.45) is 5.98. The first-order chi connectivity index (χ1) is 8.17. The number of benzene rings is 1. The Morgan fingerprint density at radius 3 is 2.47 bits per heavy atom. The summed E-state index contributed by atoms with van der Waals surface area (Å²) in [6.45, 7) is 0. The summed E-state index contributed by atoms with van der Waals surface area (Å²) in [5.74, 6) is 0.706. The number of rotatable bonds is 3. The standard InChI is InChI=1S/C12H15N3S2/c1-15-12(13)10(7-14-15)9-5-4-8(16-2)6-11(9)17-3/h4-7H,13H2,1-3H3. The summed E-state index contributed by atoms with van der Waals surface area (Å²) in [4.78, 5) is 2.50. The molecule has 0 atom stereocenters. The Balaban J connectivity index is 2.55. The number of nitrogen functional groups attached to an aromatic ring is 1. The highest BCUT2D eigenvalue weighted by Gasteiger charge is 2.11. The first kappa shape index (κ1) is 12.4. The van der Waals surface area contributed by atoms with Gasteiger partial charge in [0.2, 0.25) is 0 Å². The van der Waals surface area contributed by atoms with E-state index in [2.05, 4.69) is 35.8 Å². The Labute approximate surface area is 110 Å². The second-order valence-electron chi connectivity index (χ2n) is 3.63. The predicted octanol–water partition coefficient (Wildman–Crippen LogP) is 3.11. The molecule has 1 heterocycles. The summed E-state index contributed by atoms with van der Waals surface area (Å²) in [5, 5.41) is 4.19. The van der Waals surface area contributed by atoms with Crippen molar-refractivity contribution in [2.75, 3.05) is 18.2 Å². The van der Waals surface area contributed by atoms with Crippen LogP contribution in [0.25, 0.3) is 11.1 Å². The molecule has 0 fully saturated rings. The molecule has 1 aromatic heterocycles. The number of thioether (sulfide) groups is 2.